The van der Waals surface area contributed by atoms with Crippen molar-refractivity contribution < 1.29 is 56.9 Å². The molecule has 2 N–H and O–H groups in total. The molecule has 0 saturated heterocycles. The van der Waals surface area contributed by atoms with Crippen molar-refractivity contribution in [2.24, 2.45) is 0 Å². The second-order valence-corrected chi connectivity index (χ2v) is 6.40. The summed E-state index contributed by atoms with van der Waals surface area (Å²) >= 11 is 0. The molecule has 0 saturated carbocycles. The van der Waals surface area contributed by atoms with E-state index < -0.39 is 30.0 Å². The molecule has 0 amide bonds. The molecule has 0 heterocycles. The predicted octanol–water partition coefficient (Wildman–Crippen LogP) is -1.55. The Morgan fingerprint density at radius 1 is 0.895 bits per heavy atom. The monoisotopic (exact) mass is 312 g/mol. The van der Waals surface area contributed by atoms with Gasteiger partial charge in [0.05, 0.1) is 4.90 Å². The summed E-state index contributed by atoms with van der Waals surface area (Å²) < 4.78 is 62.2. The number of hydrogen-bond donors (Lipinski definition) is 2. The molecular formula is C10H9NaO6S2. The first-order valence-corrected chi connectivity index (χ1v) is 7.55. The molecule has 2 rings (SSSR count). The van der Waals surface area contributed by atoms with E-state index in [0.717, 1.165) is 18.2 Å². The van der Waals surface area contributed by atoms with Gasteiger partial charge in [-0.25, -0.2) is 0 Å². The first-order chi connectivity index (χ1) is 8.19. The minimum atomic E-state index is -4.47. The van der Waals surface area contributed by atoms with Crippen molar-refractivity contribution in [1.82, 2.24) is 0 Å². The summed E-state index contributed by atoms with van der Waals surface area (Å²) in [5.41, 5.74) is 0. The molecule has 0 atom stereocenters. The van der Waals surface area contributed by atoms with E-state index in [1.807, 2.05) is 0 Å². The number of fused-ring (bicyclic) bond motifs is 1. The average molecular weight is 312 g/mol. The van der Waals surface area contributed by atoms with Crippen LogP contribution in [0.5, 0.6) is 0 Å². The van der Waals surface area contributed by atoms with Crippen LogP contribution in [-0.2, 0) is 20.2 Å². The van der Waals surface area contributed by atoms with Crippen LogP contribution in [0.1, 0.15) is 1.43 Å². The maximum absolute atomic E-state index is 11.2. The van der Waals surface area contributed by atoms with E-state index in [1.165, 1.54) is 12.1 Å². The van der Waals surface area contributed by atoms with Crippen molar-refractivity contribution in [1.29, 1.82) is 0 Å². The van der Waals surface area contributed by atoms with E-state index in [0.29, 0.717) is 5.39 Å². The third kappa shape index (κ3) is 3.54. The quantitative estimate of drug-likeness (QED) is 0.513. The fourth-order valence-corrected chi connectivity index (χ4v) is 2.82. The van der Waals surface area contributed by atoms with Gasteiger partial charge in [-0.3, -0.25) is 9.11 Å². The molecule has 0 unspecified atom stereocenters. The normalized spacial score (nSPS) is 12.1. The summed E-state index contributed by atoms with van der Waals surface area (Å²) in [6.07, 6.45) is 0. The first kappa shape index (κ1) is 16.6. The Morgan fingerprint density at radius 2 is 1.53 bits per heavy atom. The van der Waals surface area contributed by atoms with Crippen LogP contribution in [0.2, 0.25) is 0 Å². The zero-order valence-corrected chi connectivity index (χ0v) is 13.4. The van der Waals surface area contributed by atoms with Crippen LogP contribution in [-0.4, -0.2) is 25.9 Å². The van der Waals surface area contributed by atoms with Crippen LogP contribution in [0, 0.1) is 0 Å². The van der Waals surface area contributed by atoms with Crippen molar-refractivity contribution >= 4 is 31.0 Å². The van der Waals surface area contributed by atoms with Crippen LogP contribution in [0.3, 0.4) is 0 Å². The molecule has 0 aliphatic carbocycles. The van der Waals surface area contributed by atoms with Gasteiger partial charge in [-0.1, -0.05) is 18.2 Å². The van der Waals surface area contributed by atoms with Crippen molar-refractivity contribution in [3.8, 4) is 0 Å². The third-order valence-electron chi connectivity index (χ3n) is 2.39. The fraction of sp³-hybridized carbons (Fsp3) is 0. The molecule has 0 bridgehead atoms. The summed E-state index contributed by atoms with van der Waals surface area (Å²) in [4.78, 5) is -0.850. The summed E-state index contributed by atoms with van der Waals surface area (Å²) in [5, 5.41) is 0.452. The smallest absolute Gasteiger partial charge is 1.00 e. The summed E-state index contributed by atoms with van der Waals surface area (Å²) in [6.45, 7) is 0. The van der Waals surface area contributed by atoms with E-state index in [9.17, 15) is 16.8 Å². The molecule has 2 aromatic rings. The fourth-order valence-electron chi connectivity index (χ4n) is 1.61. The number of hydrogen-bond acceptors (Lipinski definition) is 4. The van der Waals surface area contributed by atoms with Crippen LogP contribution >= 0.6 is 0 Å². The standard InChI is InChI=1S/C10H8O6S2.Na.H/c11-17(12,13)8-5-4-7-2-1-3-10(9(7)6-8)18(14,15)16;;/h1-6H,(H,11,12,13)(H,14,15,16);;/q;+1;-1. The molecule has 6 nitrogen and oxygen atoms in total. The Balaban J connectivity index is 0.00000180. The van der Waals surface area contributed by atoms with E-state index in [4.69, 9.17) is 9.11 Å². The van der Waals surface area contributed by atoms with Crippen LogP contribution in [0.4, 0.5) is 0 Å². The van der Waals surface area contributed by atoms with Gasteiger partial charge < -0.3 is 1.43 Å². The Bertz CT molecular complexity index is 832. The molecule has 9 heteroatoms. The molecule has 0 spiro atoms. The Hall–Kier alpha value is -0.480. The van der Waals surface area contributed by atoms with Gasteiger partial charge in [0.1, 0.15) is 4.90 Å². The maximum atomic E-state index is 11.2. The van der Waals surface area contributed by atoms with Crippen molar-refractivity contribution in [2.45, 2.75) is 9.79 Å². The second-order valence-electron chi connectivity index (χ2n) is 3.59. The zero-order valence-electron chi connectivity index (χ0n) is 10.8. The van der Waals surface area contributed by atoms with Gasteiger partial charge in [0.15, 0.2) is 0 Å². The van der Waals surface area contributed by atoms with E-state index >= 15 is 0 Å². The van der Waals surface area contributed by atoms with Crippen molar-refractivity contribution in [2.75, 3.05) is 0 Å². The second kappa shape index (κ2) is 5.49. The Labute approximate surface area is 133 Å². The molecule has 0 aromatic heterocycles. The molecule has 98 valence electrons. The average Bonchev–Trinajstić information content (AvgIpc) is 2.25. The van der Waals surface area contributed by atoms with Gasteiger partial charge in [-0.15, -0.1) is 0 Å². The summed E-state index contributed by atoms with van der Waals surface area (Å²) in [6, 6.07) is 7.59. The van der Waals surface area contributed by atoms with E-state index in [-0.39, 0.29) is 36.4 Å². The molecule has 2 aromatic carbocycles. The van der Waals surface area contributed by atoms with Gasteiger partial charge >= 0.3 is 29.6 Å². The first-order valence-electron chi connectivity index (χ1n) is 4.67. The number of benzene rings is 2. The van der Waals surface area contributed by atoms with Crippen LogP contribution in [0.15, 0.2) is 46.2 Å². The molecule has 19 heavy (non-hydrogen) atoms. The topological polar surface area (TPSA) is 109 Å². The zero-order chi connectivity index (χ0) is 13.6. The van der Waals surface area contributed by atoms with Gasteiger partial charge in [-0.05, 0) is 23.6 Å². The predicted molar refractivity (Wildman–Crippen MR) is 64.7 cm³/mol. The van der Waals surface area contributed by atoms with Crippen LogP contribution < -0.4 is 29.6 Å². The van der Waals surface area contributed by atoms with Gasteiger partial charge in [-0.2, -0.15) is 16.8 Å². The SMILES string of the molecule is O=S(=O)(O)c1ccc2cccc(S(=O)(=O)O)c2c1.[H-].[Na+]. The summed E-state index contributed by atoms with van der Waals surface area (Å²) in [5.74, 6) is 0. The number of rotatable bonds is 2. The molecule has 0 fully saturated rings. The Morgan fingerprint density at radius 3 is 2.05 bits per heavy atom. The van der Waals surface area contributed by atoms with Crippen LogP contribution in [0.25, 0.3) is 10.8 Å². The van der Waals surface area contributed by atoms with Gasteiger partial charge in [0, 0.05) is 5.39 Å². The third-order valence-corrected chi connectivity index (χ3v) is 4.15. The summed E-state index contributed by atoms with van der Waals surface area (Å²) in [7, 11) is -8.90. The van der Waals surface area contributed by atoms with E-state index in [1.54, 1.807) is 6.07 Å². The van der Waals surface area contributed by atoms with Gasteiger partial charge in [0.25, 0.3) is 20.2 Å². The van der Waals surface area contributed by atoms with Gasteiger partial charge in [0.2, 0.25) is 0 Å². The van der Waals surface area contributed by atoms with Crippen molar-refractivity contribution in [3.05, 3.63) is 36.4 Å². The largest absolute Gasteiger partial charge is 1.00 e. The molecule has 0 aliphatic heterocycles. The molecule has 0 radical (unpaired) electrons. The maximum Gasteiger partial charge on any atom is 1.00 e. The minimum absolute atomic E-state index is 0. The molecule has 0 aliphatic rings. The minimum Gasteiger partial charge on any atom is -1.00 e. The van der Waals surface area contributed by atoms with Crippen molar-refractivity contribution in [3.63, 3.8) is 0 Å². The molecular weight excluding hydrogens is 303 g/mol. The Kier molecular flexibility index (Phi) is 4.79. The van der Waals surface area contributed by atoms with E-state index in [2.05, 4.69) is 0 Å².